The maximum Gasteiger partial charge on any atom is 0.348 e. The Morgan fingerprint density at radius 1 is 1.59 bits per heavy atom. The van der Waals surface area contributed by atoms with Gasteiger partial charge in [0.05, 0.1) is 0 Å². The number of carbonyl (C=O) groups excluding carboxylic acids is 1. The molecule has 4 heteroatoms. The van der Waals surface area contributed by atoms with E-state index in [2.05, 4.69) is 19.6 Å². The Labute approximate surface area is 112 Å². The molecule has 2 atom stereocenters. The summed E-state index contributed by atoms with van der Waals surface area (Å²) in [5.74, 6) is 0.544. The van der Waals surface area contributed by atoms with Crippen molar-refractivity contribution in [3.8, 4) is 0 Å². The number of ether oxygens (including phenoxy) is 1. The van der Waals surface area contributed by atoms with Gasteiger partial charge in [0.1, 0.15) is 11.0 Å². The lowest BCUT2D eigenvalue weighted by molar-refractivity contribution is 0.0145. The van der Waals surface area contributed by atoms with E-state index in [1.807, 2.05) is 5.38 Å². The zero-order valence-corrected chi connectivity index (χ0v) is 11.7. The first-order chi connectivity index (χ1) is 8.19. The van der Waals surface area contributed by atoms with Crippen LogP contribution in [-0.2, 0) is 4.74 Å². The molecule has 0 amide bonds. The summed E-state index contributed by atoms with van der Waals surface area (Å²) in [6.45, 7) is 2.21. The number of rotatable bonds is 3. The molecule has 2 nitrogen and oxygen atoms in total. The molecule has 0 radical (unpaired) electrons. The van der Waals surface area contributed by atoms with Crippen LogP contribution in [0.4, 0.5) is 0 Å². The molecular formula is C13H18O2S2. The molecule has 1 aromatic rings. The molecule has 0 aliphatic heterocycles. The summed E-state index contributed by atoms with van der Waals surface area (Å²) >= 11 is 5.60. The topological polar surface area (TPSA) is 26.3 Å². The normalized spacial score (nSPS) is 24.6. The molecule has 1 fully saturated rings. The Morgan fingerprint density at radius 3 is 3.06 bits per heavy atom. The highest BCUT2D eigenvalue weighted by Gasteiger charge is 2.24. The first-order valence-corrected chi connectivity index (χ1v) is 7.50. The van der Waals surface area contributed by atoms with Gasteiger partial charge in [-0.3, -0.25) is 0 Å². The summed E-state index contributed by atoms with van der Waals surface area (Å²) in [6.07, 6.45) is 5.81. The third kappa shape index (κ3) is 3.49. The molecule has 1 saturated carbocycles. The van der Waals surface area contributed by atoms with Crippen molar-refractivity contribution in [1.29, 1.82) is 0 Å². The van der Waals surface area contributed by atoms with Crippen LogP contribution in [0.25, 0.3) is 0 Å². The predicted octanol–water partition coefficient (Wildman–Crippen LogP) is 4.16. The molecule has 1 aliphatic rings. The van der Waals surface area contributed by atoms with Crippen molar-refractivity contribution in [2.24, 2.45) is 5.92 Å². The highest BCUT2D eigenvalue weighted by Crippen LogP contribution is 2.29. The summed E-state index contributed by atoms with van der Waals surface area (Å²) in [7, 11) is 0. The molecule has 1 aromatic heterocycles. The van der Waals surface area contributed by atoms with E-state index < -0.39 is 0 Å². The van der Waals surface area contributed by atoms with E-state index in [9.17, 15) is 4.79 Å². The maximum atomic E-state index is 11.9. The zero-order chi connectivity index (χ0) is 12.3. The minimum Gasteiger partial charge on any atom is -0.458 e. The smallest absolute Gasteiger partial charge is 0.348 e. The molecule has 94 valence electrons. The first kappa shape index (κ1) is 13.0. The summed E-state index contributed by atoms with van der Waals surface area (Å²) < 4.78 is 5.56. The first-order valence-electron chi connectivity index (χ1n) is 6.17. The Bertz CT molecular complexity index is 387. The third-order valence-electron chi connectivity index (χ3n) is 3.37. The quantitative estimate of drug-likeness (QED) is 0.659. The summed E-state index contributed by atoms with van der Waals surface area (Å²) in [5.41, 5.74) is 0. The minimum absolute atomic E-state index is 0.117. The second kappa shape index (κ2) is 5.91. The van der Waals surface area contributed by atoms with E-state index >= 15 is 0 Å². The molecule has 1 aliphatic carbocycles. The van der Waals surface area contributed by atoms with Gasteiger partial charge in [-0.25, -0.2) is 4.79 Å². The molecule has 2 rings (SSSR count). The van der Waals surface area contributed by atoms with Crippen LogP contribution < -0.4 is 0 Å². The molecule has 1 heterocycles. The summed E-state index contributed by atoms with van der Waals surface area (Å²) in [4.78, 5) is 13.4. The van der Waals surface area contributed by atoms with Crippen LogP contribution in [0, 0.1) is 5.92 Å². The van der Waals surface area contributed by atoms with Crippen molar-refractivity contribution < 1.29 is 9.53 Å². The lowest BCUT2D eigenvalue weighted by Gasteiger charge is -2.27. The lowest BCUT2D eigenvalue weighted by atomic mass is 9.85. The number of esters is 1. The van der Waals surface area contributed by atoms with E-state index in [0.717, 1.165) is 23.7 Å². The van der Waals surface area contributed by atoms with Gasteiger partial charge in [0, 0.05) is 10.3 Å². The SMILES string of the molecule is CCC1CCCC(OC(=O)c2cc(S)cs2)C1. The highest BCUT2D eigenvalue weighted by atomic mass is 32.1. The summed E-state index contributed by atoms with van der Waals surface area (Å²) in [5, 5.41) is 1.86. The number of thiol groups is 1. The van der Waals surface area contributed by atoms with Crippen LogP contribution in [0.1, 0.15) is 48.7 Å². The lowest BCUT2D eigenvalue weighted by Crippen LogP contribution is -2.25. The molecular weight excluding hydrogens is 252 g/mol. The second-order valence-electron chi connectivity index (χ2n) is 4.64. The highest BCUT2D eigenvalue weighted by molar-refractivity contribution is 7.80. The Kier molecular flexibility index (Phi) is 4.51. The molecule has 0 saturated heterocycles. The van der Waals surface area contributed by atoms with Gasteiger partial charge < -0.3 is 4.74 Å². The van der Waals surface area contributed by atoms with Crippen LogP contribution in [0.3, 0.4) is 0 Å². The predicted molar refractivity (Wildman–Crippen MR) is 73.0 cm³/mol. The Morgan fingerprint density at radius 2 is 2.41 bits per heavy atom. The van der Waals surface area contributed by atoms with Crippen molar-refractivity contribution >= 4 is 29.9 Å². The average molecular weight is 270 g/mol. The van der Waals surface area contributed by atoms with Crippen molar-refractivity contribution in [3.05, 3.63) is 16.3 Å². The van der Waals surface area contributed by atoms with Crippen molar-refractivity contribution in [2.75, 3.05) is 0 Å². The third-order valence-corrected chi connectivity index (χ3v) is 4.72. The van der Waals surface area contributed by atoms with Crippen LogP contribution in [0.2, 0.25) is 0 Å². The van der Waals surface area contributed by atoms with E-state index in [-0.39, 0.29) is 12.1 Å². The molecule has 0 aromatic carbocycles. The average Bonchev–Trinajstić information content (AvgIpc) is 2.76. The van der Waals surface area contributed by atoms with Gasteiger partial charge in [-0.15, -0.1) is 24.0 Å². The van der Waals surface area contributed by atoms with E-state index in [4.69, 9.17) is 4.74 Å². The van der Waals surface area contributed by atoms with Gasteiger partial charge in [0.25, 0.3) is 0 Å². The zero-order valence-electron chi connectivity index (χ0n) is 10.0. The van der Waals surface area contributed by atoms with Crippen LogP contribution >= 0.6 is 24.0 Å². The monoisotopic (exact) mass is 270 g/mol. The van der Waals surface area contributed by atoms with Gasteiger partial charge in [0.2, 0.25) is 0 Å². The summed E-state index contributed by atoms with van der Waals surface area (Å²) in [6, 6.07) is 1.77. The Balaban J connectivity index is 1.90. The number of thiophene rings is 1. The van der Waals surface area contributed by atoms with E-state index in [0.29, 0.717) is 4.88 Å². The van der Waals surface area contributed by atoms with Crippen molar-refractivity contribution in [3.63, 3.8) is 0 Å². The maximum absolute atomic E-state index is 11.9. The van der Waals surface area contributed by atoms with Crippen LogP contribution in [0.5, 0.6) is 0 Å². The van der Waals surface area contributed by atoms with Gasteiger partial charge in [-0.2, -0.15) is 0 Å². The standard InChI is InChI=1S/C13H18O2S2/c1-2-9-4-3-5-10(6-9)15-13(14)12-7-11(16)8-17-12/h7-10,16H,2-6H2,1H3. The fraction of sp³-hybridized carbons (Fsp3) is 0.615. The number of carbonyl (C=O) groups is 1. The fourth-order valence-electron chi connectivity index (χ4n) is 2.36. The van der Waals surface area contributed by atoms with Gasteiger partial charge in [-0.05, 0) is 31.2 Å². The second-order valence-corrected chi connectivity index (χ2v) is 6.06. The number of hydrogen-bond donors (Lipinski definition) is 1. The Hall–Kier alpha value is -0.480. The molecule has 0 bridgehead atoms. The minimum atomic E-state index is -0.183. The van der Waals surface area contributed by atoms with Crippen LogP contribution in [-0.4, -0.2) is 12.1 Å². The van der Waals surface area contributed by atoms with Gasteiger partial charge in [0.15, 0.2) is 0 Å². The number of hydrogen-bond acceptors (Lipinski definition) is 4. The van der Waals surface area contributed by atoms with Crippen molar-refractivity contribution in [1.82, 2.24) is 0 Å². The fourth-order valence-corrected chi connectivity index (χ4v) is 3.39. The molecule has 0 spiro atoms. The van der Waals surface area contributed by atoms with Crippen LogP contribution in [0.15, 0.2) is 16.3 Å². The van der Waals surface area contributed by atoms with E-state index in [1.165, 1.54) is 30.6 Å². The molecule has 0 N–H and O–H groups in total. The molecule has 2 unspecified atom stereocenters. The van der Waals surface area contributed by atoms with Crippen molar-refractivity contribution in [2.45, 2.75) is 50.0 Å². The van der Waals surface area contributed by atoms with Gasteiger partial charge in [-0.1, -0.05) is 19.8 Å². The van der Waals surface area contributed by atoms with E-state index in [1.54, 1.807) is 6.07 Å². The largest absolute Gasteiger partial charge is 0.458 e. The van der Waals surface area contributed by atoms with Gasteiger partial charge >= 0.3 is 5.97 Å². The molecule has 17 heavy (non-hydrogen) atoms.